The van der Waals surface area contributed by atoms with E-state index in [1.807, 2.05) is 0 Å². The molecular formula is C16H25NO2S. The van der Waals surface area contributed by atoms with Crippen molar-refractivity contribution >= 4 is 15.5 Å². The van der Waals surface area contributed by atoms with Gasteiger partial charge in [-0.25, -0.2) is 8.42 Å². The molecule has 0 spiro atoms. The first-order valence-corrected chi connectivity index (χ1v) is 9.37. The van der Waals surface area contributed by atoms with Crippen LogP contribution in [-0.2, 0) is 9.84 Å². The maximum absolute atomic E-state index is 11.7. The first-order chi connectivity index (χ1) is 9.36. The minimum absolute atomic E-state index is 0.177. The molecule has 0 heterocycles. The quantitative estimate of drug-likeness (QED) is 0.923. The van der Waals surface area contributed by atoms with Gasteiger partial charge in [-0.15, -0.1) is 0 Å². The highest BCUT2D eigenvalue weighted by Gasteiger charge is 2.28. The van der Waals surface area contributed by atoms with Crippen LogP contribution in [0.1, 0.15) is 51.0 Å². The van der Waals surface area contributed by atoms with Crippen LogP contribution in [0, 0.1) is 0 Å². The van der Waals surface area contributed by atoms with Crippen LogP contribution in [0.3, 0.4) is 0 Å². The van der Waals surface area contributed by atoms with E-state index in [9.17, 15) is 8.42 Å². The van der Waals surface area contributed by atoms with E-state index in [0.717, 1.165) is 31.4 Å². The van der Waals surface area contributed by atoms with Crippen molar-refractivity contribution in [2.45, 2.75) is 56.7 Å². The monoisotopic (exact) mass is 295 g/mol. The summed E-state index contributed by atoms with van der Waals surface area (Å²) in [5.74, 6) is 0.536. The fraction of sp³-hybridized carbons (Fsp3) is 0.625. The second kappa shape index (κ2) is 6.17. The maximum Gasteiger partial charge on any atom is 0.150 e. The van der Waals surface area contributed by atoms with Crippen LogP contribution >= 0.6 is 0 Å². The lowest BCUT2D eigenvalue weighted by Crippen LogP contribution is -2.34. The van der Waals surface area contributed by atoms with Crippen molar-refractivity contribution in [1.82, 2.24) is 0 Å². The van der Waals surface area contributed by atoms with Gasteiger partial charge in [-0.3, -0.25) is 0 Å². The van der Waals surface area contributed by atoms with Gasteiger partial charge in [0.2, 0.25) is 0 Å². The number of sulfone groups is 1. The van der Waals surface area contributed by atoms with Gasteiger partial charge in [0.05, 0.1) is 5.25 Å². The summed E-state index contributed by atoms with van der Waals surface area (Å²) in [6.45, 7) is 4.36. The fourth-order valence-electron chi connectivity index (χ4n) is 2.86. The van der Waals surface area contributed by atoms with Crippen LogP contribution in [0.5, 0.6) is 0 Å². The molecule has 1 aromatic carbocycles. The molecule has 1 aliphatic rings. The molecule has 2 rings (SSSR count). The third-order valence-electron chi connectivity index (χ3n) is 4.18. The molecule has 0 amide bonds. The lowest BCUT2D eigenvalue weighted by atomic mass is 9.94. The third kappa shape index (κ3) is 3.98. The van der Waals surface area contributed by atoms with Gasteiger partial charge in [0.25, 0.3) is 0 Å². The molecule has 1 N–H and O–H groups in total. The fourth-order valence-corrected chi connectivity index (χ4v) is 4.04. The molecule has 2 atom stereocenters. The molecule has 1 aromatic rings. The lowest BCUT2D eigenvalue weighted by Gasteiger charge is -2.29. The van der Waals surface area contributed by atoms with Crippen LogP contribution in [0.2, 0.25) is 0 Å². The van der Waals surface area contributed by atoms with Crippen LogP contribution in [0.15, 0.2) is 24.3 Å². The Morgan fingerprint density at radius 2 is 1.80 bits per heavy atom. The molecule has 1 aliphatic carbocycles. The summed E-state index contributed by atoms with van der Waals surface area (Å²) in [7, 11) is -2.91. The van der Waals surface area contributed by atoms with Crippen molar-refractivity contribution in [3.63, 3.8) is 0 Å². The van der Waals surface area contributed by atoms with Crippen LogP contribution in [0.4, 0.5) is 5.69 Å². The Labute approximate surface area is 122 Å². The van der Waals surface area contributed by atoms with E-state index in [4.69, 9.17) is 0 Å². The van der Waals surface area contributed by atoms with E-state index >= 15 is 0 Å². The minimum Gasteiger partial charge on any atom is -0.382 e. The summed E-state index contributed by atoms with van der Waals surface area (Å²) in [6, 6.07) is 8.75. The zero-order valence-electron chi connectivity index (χ0n) is 12.6. The number of hydrogen-bond acceptors (Lipinski definition) is 3. The van der Waals surface area contributed by atoms with Crippen LogP contribution < -0.4 is 5.32 Å². The van der Waals surface area contributed by atoms with Crippen molar-refractivity contribution < 1.29 is 8.42 Å². The molecule has 2 unspecified atom stereocenters. The standard InChI is InChI=1S/C16H25NO2S/c1-12(2)13-7-9-14(10-8-13)17-15-5-4-6-16(11-15)20(3,18)19/h7-10,12,15-17H,4-6,11H2,1-3H3. The van der Waals surface area contributed by atoms with Gasteiger partial charge in [-0.05, 0) is 42.9 Å². The molecule has 0 saturated heterocycles. The Hall–Kier alpha value is -1.03. The van der Waals surface area contributed by atoms with Crippen LogP contribution in [-0.4, -0.2) is 26.0 Å². The van der Waals surface area contributed by atoms with Gasteiger partial charge >= 0.3 is 0 Å². The zero-order chi connectivity index (χ0) is 14.8. The summed E-state index contributed by atoms with van der Waals surface area (Å²) < 4.78 is 23.4. The Morgan fingerprint density at radius 3 is 2.35 bits per heavy atom. The van der Waals surface area contributed by atoms with Crippen molar-refractivity contribution in [3.05, 3.63) is 29.8 Å². The van der Waals surface area contributed by atoms with Crippen molar-refractivity contribution in [1.29, 1.82) is 0 Å². The molecule has 0 bridgehead atoms. The zero-order valence-corrected chi connectivity index (χ0v) is 13.4. The predicted molar refractivity (Wildman–Crippen MR) is 85.0 cm³/mol. The minimum atomic E-state index is -2.91. The summed E-state index contributed by atoms with van der Waals surface area (Å²) in [4.78, 5) is 0. The van der Waals surface area contributed by atoms with E-state index in [1.165, 1.54) is 11.8 Å². The van der Waals surface area contributed by atoms with Gasteiger partial charge in [-0.2, -0.15) is 0 Å². The summed E-state index contributed by atoms with van der Waals surface area (Å²) in [5.41, 5.74) is 2.42. The SMILES string of the molecule is CC(C)c1ccc(NC2CCCC(S(C)(=O)=O)C2)cc1. The molecule has 1 saturated carbocycles. The number of anilines is 1. The van der Waals surface area contributed by atoms with Crippen molar-refractivity contribution in [2.75, 3.05) is 11.6 Å². The van der Waals surface area contributed by atoms with Gasteiger partial charge < -0.3 is 5.32 Å². The molecule has 0 aromatic heterocycles. The van der Waals surface area contributed by atoms with E-state index in [2.05, 4.69) is 43.4 Å². The highest BCUT2D eigenvalue weighted by molar-refractivity contribution is 7.91. The topological polar surface area (TPSA) is 46.2 Å². The first-order valence-electron chi connectivity index (χ1n) is 7.41. The highest BCUT2D eigenvalue weighted by atomic mass is 32.2. The Kier molecular flexibility index (Phi) is 4.74. The number of rotatable bonds is 4. The smallest absolute Gasteiger partial charge is 0.150 e. The number of benzene rings is 1. The molecule has 112 valence electrons. The summed E-state index contributed by atoms with van der Waals surface area (Å²) in [6.07, 6.45) is 4.93. The van der Waals surface area contributed by atoms with E-state index in [0.29, 0.717) is 5.92 Å². The van der Waals surface area contributed by atoms with E-state index in [-0.39, 0.29) is 11.3 Å². The Bertz CT molecular complexity index is 534. The molecular weight excluding hydrogens is 270 g/mol. The molecule has 0 aliphatic heterocycles. The Morgan fingerprint density at radius 1 is 1.15 bits per heavy atom. The average Bonchev–Trinajstić information content (AvgIpc) is 2.38. The second-order valence-corrected chi connectivity index (χ2v) is 8.56. The van der Waals surface area contributed by atoms with Gasteiger partial charge in [-0.1, -0.05) is 32.4 Å². The van der Waals surface area contributed by atoms with Crippen molar-refractivity contribution in [3.8, 4) is 0 Å². The molecule has 3 nitrogen and oxygen atoms in total. The number of hydrogen-bond donors (Lipinski definition) is 1. The highest BCUT2D eigenvalue weighted by Crippen LogP contribution is 2.27. The Balaban J connectivity index is 1.99. The van der Waals surface area contributed by atoms with Gasteiger partial charge in [0, 0.05) is 18.0 Å². The molecule has 4 heteroatoms. The van der Waals surface area contributed by atoms with Crippen molar-refractivity contribution in [2.24, 2.45) is 0 Å². The van der Waals surface area contributed by atoms with Gasteiger partial charge in [0.15, 0.2) is 0 Å². The number of nitrogens with one attached hydrogen (secondary N) is 1. The lowest BCUT2D eigenvalue weighted by molar-refractivity contribution is 0.453. The summed E-state index contributed by atoms with van der Waals surface area (Å²) >= 11 is 0. The predicted octanol–water partition coefficient (Wildman–Crippen LogP) is 3.58. The first kappa shape index (κ1) is 15.4. The van der Waals surface area contributed by atoms with E-state index < -0.39 is 9.84 Å². The van der Waals surface area contributed by atoms with E-state index in [1.54, 1.807) is 0 Å². The second-order valence-electron chi connectivity index (χ2n) is 6.24. The summed E-state index contributed by atoms with van der Waals surface area (Å²) in [5, 5.41) is 3.31. The maximum atomic E-state index is 11.7. The van der Waals surface area contributed by atoms with Crippen LogP contribution in [0.25, 0.3) is 0 Å². The average molecular weight is 295 g/mol. The third-order valence-corrected chi connectivity index (χ3v) is 5.82. The van der Waals surface area contributed by atoms with Gasteiger partial charge in [0.1, 0.15) is 9.84 Å². The molecule has 0 radical (unpaired) electrons. The largest absolute Gasteiger partial charge is 0.382 e. The molecule has 1 fully saturated rings. The molecule has 20 heavy (non-hydrogen) atoms. The normalized spacial score (nSPS) is 23.8.